The molecule has 0 unspecified atom stereocenters. The molecule has 130 valence electrons. The maximum absolute atomic E-state index is 12.6. The molecule has 0 aromatic heterocycles. The molecule has 2 aromatic rings. The van der Waals surface area contributed by atoms with Crippen molar-refractivity contribution in [2.75, 3.05) is 13.7 Å². The molecule has 0 aliphatic heterocycles. The molecule has 0 saturated carbocycles. The van der Waals surface area contributed by atoms with E-state index in [9.17, 15) is 18.4 Å². The van der Waals surface area contributed by atoms with Crippen molar-refractivity contribution in [3.8, 4) is 11.8 Å². The van der Waals surface area contributed by atoms with Crippen molar-refractivity contribution in [1.29, 1.82) is 5.26 Å². The predicted octanol–water partition coefficient (Wildman–Crippen LogP) is 5.41. The molecular weight excluding hydrogens is 446 g/mol. The number of hydrogen-bond acceptors (Lipinski definition) is 3. The molecule has 0 saturated heterocycles. The van der Waals surface area contributed by atoms with Crippen LogP contribution in [0.5, 0.6) is 5.75 Å². The highest BCUT2D eigenvalue weighted by Gasteiger charge is 2.29. The van der Waals surface area contributed by atoms with Crippen molar-refractivity contribution < 1.29 is 22.6 Å². The normalized spacial score (nSPS) is 12.2. The van der Waals surface area contributed by atoms with Crippen molar-refractivity contribution in [3.05, 3.63) is 65.2 Å². The Labute approximate surface area is 156 Å². The molecule has 25 heavy (non-hydrogen) atoms. The van der Waals surface area contributed by atoms with Gasteiger partial charge in [-0.2, -0.15) is 18.4 Å². The van der Waals surface area contributed by atoms with Gasteiger partial charge in [0.25, 0.3) is 0 Å². The van der Waals surface area contributed by atoms with Gasteiger partial charge < -0.3 is 9.47 Å². The molecule has 0 bridgehead atoms. The summed E-state index contributed by atoms with van der Waals surface area (Å²) in [5.74, 6) is 0.634. The summed E-state index contributed by atoms with van der Waals surface area (Å²) in [7, 11) is 1.50. The average Bonchev–Trinajstić information content (AvgIpc) is 2.61. The largest absolute Gasteiger partial charge is 0.497 e. The number of ether oxygens (including phenoxy) is 2. The Balaban J connectivity index is 2.54. The van der Waals surface area contributed by atoms with Gasteiger partial charge in [0.1, 0.15) is 11.5 Å². The van der Waals surface area contributed by atoms with Crippen LogP contribution in [0, 0.1) is 11.3 Å². The van der Waals surface area contributed by atoms with Crippen LogP contribution in [-0.4, -0.2) is 19.9 Å². The zero-order valence-electron chi connectivity index (χ0n) is 13.1. The fourth-order valence-corrected chi connectivity index (χ4v) is 3.00. The van der Waals surface area contributed by atoms with Gasteiger partial charge in [-0.25, -0.2) is 0 Å². The first-order valence-corrected chi connectivity index (χ1v) is 8.17. The van der Waals surface area contributed by atoms with E-state index in [2.05, 4.69) is 0 Å². The quantitative estimate of drug-likeness (QED) is 0.342. The van der Waals surface area contributed by atoms with Crippen molar-refractivity contribution in [3.63, 3.8) is 0 Å². The summed E-state index contributed by atoms with van der Waals surface area (Å²) in [6, 6.07) is 15.2. The zero-order chi connectivity index (χ0) is 18.4. The minimum Gasteiger partial charge on any atom is -0.497 e. The van der Waals surface area contributed by atoms with Gasteiger partial charge in [-0.3, -0.25) is 0 Å². The second-order valence-corrected chi connectivity index (χ2v) is 6.01. The minimum absolute atomic E-state index is 0.0586. The Bertz CT molecular complexity index is 808. The second-order valence-electron chi connectivity index (χ2n) is 4.93. The first-order valence-electron chi connectivity index (χ1n) is 7.09. The van der Waals surface area contributed by atoms with E-state index in [1.165, 1.54) is 7.11 Å². The Morgan fingerprint density at radius 3 is 2.32 bits per heavy atom. The van der Waals surface area contributed by atoms with E-state index in [0.717, 1.165) is 0 Å². The summed E-state index contributed by atoms with van der Waals surface area (Å²) in [4.78, 5) is 0. The van der Waals surface area contributed by atoms with E-state index in [-0.39, 0.29) is 5.76 Å². The third-order valence-corrected chi connectivity index (χ3v) is 4.29. The lowest BCUT2D eigenvalue weighted by Gasteiger charge is -2.16. The number of nitrogens with zero attached hydrogens (tertiary/aromatic N) is 1. The summed E-state index contributed by atoms with van der Waals surface area (Å²) in [6.07, 6.45) is -4.47. The summed E-state index contributed by atoms with van der Waals surface area (Å²) in [5, 5.41) is 9.23. The third kappa shape index (κ3) is 5.13. The van der Waals surface area contributed by atoms with Crippen LogP contribution in [0.2, 0.25) is 0 Å². The molecule has 2 aromatic carbocycles. The molecule has 2 rings (SSSR count). The zero-order valence-corrected chi connectivity index (χ0v) is 15.3. The Morgan fingerprint density at radius 2 is 1.76 bits per heavy atom. The summed E-state index contributed by atoms with van der Waals surface area (Å²) >= 11 is 1.90. The lowest BCUT2D eigenvalue weighted by Crippen LogP contribution is -2.16. The molecule has 7 heteroatoms. The highest BCUT2D eigenvalue weighted by molar-refractivity contribution is 14.1. The maximum atomic E-state index is 12.6. The van der Waals surface area contributed by atoms with Gasteiger partial charge in [0, 0.05) is 11.1 Å². The molecule has 0 aliphatic rings. The van der Waals surface area contributed by atoms with Gasteiger partial charge in [0.2, 0.25) is 0 Å². The van der Waals surface area contributed by atoms with Gasteiger partial charge in [0.15, 0.2) is 6.61 Å². The molecule has 0 spiro atoms. The van der Waals surface area contributed by atoms with Gasteiger partial charge in [-0.1, -0.05) is 18.2 Å². The number of nitriles is 1. The second kappa shape index (κ2) is 8.25. The highest BCUT2D eigenvalue weighted by Crippen LogP contribution is 2.35. The molecule has 0 fully saturated rings. The topological polar surface area (TPSA) is 42.2 Å². The Hall–Kier alpha value is -2.21. The molecular formula is C18H13F3INO2. The van der Waals surface area contributed by atoms with Crippen LogP contribution < -0.4 is 4.74 Å². The van der Waals surface area contributed by atoms with E-state index in [1.54, 1.807) is 48.5 Å². The van der Waals surface area contributed by atoms with Crippen LogP contribution in [0.1, 0.15) is 16.7 Å². The fraction of sp³-hybridized carbons (Fsp3) is 0.167. The first kappa shape index (κ1) is 19.1. The van der Waals surface area contributed by atoms with Gasteiger partial charge >= 0.3 is 6.18 Å². The molecule has 0 N–H and O–H groups in total. The number of benzene rings is 2. The van der Waals surface area contributed by atoms with E-state index in [1.807, 2.05) is 28.7 Å². The molecule has 0 radical (unpaired) electrons. The molecule has 3 nitrogen and oxygen atoms in total. The monoisotopic (exact) mass is 459 g/mol. The van der Waals surface area contributed by atoms with Crippen molar-refractivity contribution >= 4 is 31.9 Å². The number of hydrogen-bond donors (Lipinski definition) is 0. The third-order valence-electron chi connectivity index (χ3n) is 3.22. The number of alkyl halides is 3. The van der Waals surface area contributed by atoms with Crippen molar-refractivity contribution in [1.82, 2.24) is 0 Å². The van der Waals surface area contributed by atoms with E-state index in [0.29, 0.717) is 26.0 Å². The smallest absolute Gasteiger partial charge is 0.422 e. The lowest BCUT2D eigenvalue weighted by atomic mass is 10.1. The predicted molar refractivity (Wildman–Crippen MR) is 97.0 cm³/mol. The fourth-order valence-electron chi connectivity index (χ4n) is 2.06. The lowest BCUT2D eigenvalue weighted by molar-refractivity contribution is -0.158. The van der Waals surface area contributed by atoms with Gasteiger partial charge in [0.05, 0.1) is 22.3 Å². The van der Waals surface area contributed by atoms with Crippen LogP contribution in [-0.2, 0) is 4.74 Å². The Morgan fingerprint density at radius 1 is 1.12 bits per heavy atom. The van der Waals surface area contributed by atoms with Crippen LogP contribution >= 0.6 is 22.6 Å². The van der Waals surface area contributed by atoms with Crippen LogP contribution in [0.25, 0.3) is 9.34 Å². The number of rotatable bonds is 5. The molecule has 0 heterocycles. The highest BCUT2D eigenvalue weighted by atomic mass is 127. The molecule has 0 atom stereocenters. The summed E-state index contributed by atoms with van der Waals surface area (Å²) in [6.45, 7) is -1.42. The SMILES string of the molecule is COc1ccc(/C(OCC(F)(F)F)=C(\I)c2ccccc2C#N)cc1. The van der Waals surface area contributed by atoms with Crippen molar-refractivity contribution in [2.45, 2.75) is 6.18 Å². The van der Waals surface area contributed by atoms with E-state index >= 15 is 0 Å². The summed E-state index contributed by atoms with van der Waals surface area (Å²) in [5.41, 5.74) is 1.33. The van der Waals surface area contributed by atoms with Crippen LogP contribution in [0.15, 0.2) is 48.5 Å². The maximum Gasteiger partial charge on any atom is 0.422 e. The van der Waals surface area contributed by atoms with E-state index in [4.69, 9.17) is 9.47 Å². The minimum atomic E-state index is -4.47. The first-order chi connectivity index (χ1) is 11.9. The summed E-state index contributed by atoms with van der Waals surface area (Å²) < 4.78 is 48.5. The standard InChI is InChI=1S/C18H13F3INO2/c1-24-14-8-6-12(7-9-14)17(25-11-18(19,20)21)16(22)15-5-3-2-4-13(15)10-23/h2-9H,11H2,1H3/b17-16+. The van der Waals surface area contributed by atoms with Crippen molar-refractivity contribution in [2.24, 2.45) is 0 Å². The molecule has 0 amide bonds. The average molecular weight is 459 g/mol. The Kier molecular flexibility index (Phi) is 6.31. The van der Waals surface area contributed by atoms with E-state index < -0.39 is 12.8 Å². The molecule has 0 aliphatic carbocycles. The van der Waals surface area contributed by atoms with Gasteiger partial charge in [-0.05, 0) is 52.9 Å². The van der Waals surface area contributed by atoms with Crippen LogP contribution in [0.3, 0.4) is 0 Å². The number of methoxy groups -OCH3 is 1. The number of halogens is 4. The van der Waals surface area contributed by atoms with Gasteiger partial charge in [-0.15, -0.1) is 0 Å². The van der Waals surface area contributed by atoms with Crippen LogP contribution in [0.4, 0.5) is 13.2 Å².